The minimum Gasteiger partial charge on any atom is -0.381 e. The molecule has 2 saturated heterocycles. The summed E-state index contributed by atoms with van der Waals surface area (Å²) in [4.78, 5) is 20.1. The van der Waals surface area contributed by atoms with Crippen molar-refractivity contribution in [2.75, 3.05) is 37.8 Å². The molecule has 0 amide bonds. The molecule has 9 heteroatoms. The number of morpholine rings is 1. The third kappa shape index (κ3) is 3.59. The topological polar surface area (TPSA) is 73.3 Å². The minimum absolute atomic E-state index is 0.0233. The van der Waals surface area contributed by atoms with Crippen molar-refractivity contribution in [1.29, 1.82) is 0 Å². The second kappa shape index (κ2) is 7.81. The van der Waals surface area contributed by atoms with E-state index < -0.39 is 11.6 Å². The molecule has 2 aromatic heterocycles. The van der Waals surface area contributed by atoms with E-state index in [1.54, 1.807) is 6.20 Å². The van der Waals surface area contributed by atoms with Crippen molar-refractivity contribution in [2.24, 2.45) is 5.92 Å². The molecular formula is C21H21F2N5O2. The van der Waals surface area contributed by atoms with Crippen molar-refractivity contribution in [3.63, 3.8) is 0 Å². The van der Waals surface area contributed by atoms with Crippen molar-refractivity contribution in [1.82, 2.24) is 19.9 Å². The molecule has 0 N–H and O–H groups in total. The van der Waals surface area contributed by atoms with Gasteiger partial charge in [-0.3, -0.25) is 0 Å². The summed E-state index contributed by atoms with van der Waals surface area (Å²) in [5, 5.41) is 0. The van der Waals surface area contributed by atoms with Crippen molar-refractivity contribution in [2.45, 2.75) is 19.4 Å². The van der Waals surface area contributed by atoms with Gasteiger partial charge < -0.3 is 14.4 Å². The van der Waals surface area contributed by atoms with Crippen LogP contribution in [0.2, 0.25) is 0 Å². The molecule has 2 fully saturated rings. The lowest BCUT2D eigenvalue weighted by atomic mass is 10.0. The maximum atomic E-state index is 14.6. The largest absolute Gasteiger partial charge is 0.381 e. The Hall–Kier alpha value is -2.78. The monoisotopic (exact) mass is 413 g/mol. The molecule has 4 heterocycles. The Morgan fingerprint density at radius 2 is 2.03 bits per heavy atom. The number of hydrogen-bond donors (Lipinski definition) is 0. The first-order chi connectivity index (χ1) is 14.6. The number of ether oxygens (including phenoxy) is 2. The molecule has 0 aliphatic carbocycles. The number of hydrogen-bond acceptors (Lipinski definition) is 7. The van der Waals surface area contributed by atoms with E-state index in [1.165, 1.54) is 12.1 Å². The molecular weight excluding hydrogens is 392 g/mol. The molecule has 2 unspecified atom stereocenters. The summed E-state index contributed by atoms with van der Waals surface area (Å²) in [5.41, 5.74) is 1.92. The first-order valence-corrected chi connectivity index (χ1v) is 9.99. The van der Waals surface area contributed by atoms with Crippen molar-refractivity contribution >= 4 is 17.1 Å². The van der Waals surface area contributed by atoms with E-state index in [9.17, 15) is 8.78 Å². The number of aryl methyl sites for hydroxylation is 1. The van der Waals surface area contributed by atoms with E-state index in [1.807, 2.05) is 11.8 Å². The highest BCUT2D eigenvalue weighted by Crippen LogP contribution is 2.30. The van der Waals surface area contributed by atoms with Crippen LogP contribution in [0.3, 0.4) is 0 Å². The number of halogens is 2. The van der Waals surface area contributed by atoms with Gasteiger partial charge in [0.15, 0.2) is 5.65 Å². The summed E-state index contributed by atoms with van der Waals surface area (Å²) in [5.74, 6) is -0.574. The van der Waals surface area contributed by atoms with Crippen molar-refractivity contribution < 1.29 is 18.3 Å². The quantitative estimate of drug-likeness (QED) is 0.654. The third-order valence-electron chi connectivity index (χ3n) is 5.57. The minimum atomic E-state index is -0.703. The van der Waals surface area contributed by atoms with Crippen LogP contribution in [-0.4, -0.2) is 59.0 Å². The summed E-state index contributed by atoms with van der Waals surface area (Å²) in [6, 6.07) is 3.42. The fourth-order valence-electron chi connectivity index (χ4n) is 3.98. The Balaban J connectivity index is 1.58. The van der Waals surface area contributed by atoms with Crippen LogP contribution in [0, 0.1) is 24.5 Å². The van der Waals surface area contributed by atoms with Gasteiger partial charge in [0.2, 0.25) is 5.95 Å². The van der Waals surface area contributed by atoms with Gasteiger partial charge in [0, 0.05) is 43.4 Å². The van der Waals surface area contributed by atoms with Crippen LogP contribution in [0.4, 0.5) is 14.7 Å². The highest BCUT2D eigenvalue weighted by atomic mass is 19.1. The van der Waals surface area contributed by atoms with Crippen LogP contribution in [0.5, 0.6) is 0 Å². The van der Waals surface area contributed by atoms with Crippen LogP contribution in [0.1, 0.15) is 12.1 Å². The highest BCUT2D eigenvalue weighted by Gasteiger charge is 2.32. The van der Waals surface area contributed by atoms with Crippen LogP contribution in [-0.2, 0) is 9.47 Å². The molecule has 3 aromatic rings. The zero-order valence-corrected chi connectivity index (χ0v) is 16.5. The molecule has 2 aliphatic rings. The van der Waals surface area contributed by atoms with E-state index in [4.69, 9.17) is 9.47 Å². The highest BCUT2D eigenvalue weighted by molar-refractivity contribution is 5.88. The van der Waals surface area contributed by atoms with Gasteiger partial charge in [-0.2, -0.15) is 4.98 Å². The van der Waals surface area contributed by atoms with E-state index in [0.717, 1.165) is 19.1 Å². The maximum absolute atomic E-state index is 14.6. The molecule has 0 spiro atoms. The van der Waals surface area contributed by atoms with Gasteiger partial charge in [0.25, 0.3) is 0 Å². The first kappa shape index (κ1) is 19.2. The van der Waals surface area contributed by atoms with Gasteiger partial charge in [-0.15, -0.1) is 0 Å². The number of rotatable bonds is 3. The summed E-state index contributed by atoms with van der Waals surface area (Å²) >= 11 is 0. The zero-order valence-electron chi connectivity index (χ0n) is 16.5. The number of nitrogens with zero attached hydrogens (tertiary/aromatic N) is 5. The second-order valence-electron chi connectivity index (χ2n) is 7.66. The smallest absolute Gasteiger partial charge is 0.228 e. The van der Waals surface area contributed by atoms with Crippen LogP contribution in [0.15, 0.2) is 24.4 Å². The standard InChI is InChI=1S/C21H21F2N5O2/c1-12-9-24-19-18(15-3-2-14(22)8-16(15)23)26-21(27-20(19)25-12)28-5-7-30-17(10-28)13-4-6-29-11-13/h2-3,8-9,13,17H,4-7,10-11H2,1H3. The average Bonchev–Trinajstić information content (AvgIpc) is 3.28. The SMILES string of the molecule is Cc1cnc2c(-c3ccc(F)cc3F)nc(N3CCOC(C4CCOC4)C3)nc2n1. The molecule has 2 atom stereocenters. The summed E-state index contributed by atoms with van der Waals surface area (Å²) in [7, 11) is 0. The van der Waals surface area contributed by atoms with E-state index in [-0.39, 0.29) is 11.7 Å². The Labute approximate surface area is 172 Å². The van der Waals surface area contributed by atoms with Gasteiger partial charge in [0.05, 0.1) is 25.0 Å². The lowest BCUT2D eigenvalue weighted by Gasteiger charge is -2.35. The van der Waals surface area contributed by atoms with Gasteiger partial charge in [-0.25, -0.2) is 23.7 Å². The summed E-state index contributed by atoms with van der Waals surface area (Å²) in [6.45, 7) is 5.03. The average molecular weight is 413 g/mol. The molecule has 30 heavy (non-hydrogen) atoms. The molecule has 0 saturated carbocycles. The normalized spacial score (nSPS) is 22.0. The van der Waals surface area contributed by atoms with Crippen molar-refractivity contribution in [3.05, 3.63) is 41.7 Å². The van der Waals surface area contributed by atoms with Gasteiger partial charge >= 0.3 is 0 Å². The number of aromatic nitrogens is 4. The lowest BCUT2D eigenvalue weighted by Crippen LogP contribution is -2.46. The fraction of sp³-hybridized carbons (Fsp3) is 0.429. The van der Waals surface area contributed by atoms with Gasteiger partial charge in [-0.05, 0) is 25.5 Å². The molecule has 2 aliphatic heterocycles. The Morgan fingerprint density at radius 3 is 2.83 bits per heavy atom. The number of anilines is 1. The Morgan fingerprint density at radius 1 is 1.13 bits per heavy atom. The zero-order chi connectivity index (χ0) is 20.7. The lowest BCUT2D eigenvalue weighted by molar-refractivity contribution is -0.00167. The molecule has 1 aromatic carbocycles. The molecule has 156 valence electrons. The fourth-order valence-corrected chi connectivity index (χ4v) is 3.98. The molecule has 7 nitrogen and oxygen atoms in total. The van der Waals surface area contributed by atoms with Crippen LogP contribution >= 0.6 is 0 Å². The van der Waals surface area contributed by atoms with Gasteiger partial charge in [0.1, 0.15) is 22.8 Å². The molecule has 5 rings (SSSR count). The molecule has 0 radical (unpaired) electrons. The predicted octanol–water partition coefficient (Wildman–Crippen LogP) is 2.92. The molecule has 0 bridgehead atoms. The summed E-state index contributed by atoms with van der Waals surface area (Å²) in [6.07, 6.45) is 2.57. The first-order valence-electron chi connectivity index (χ1n) is 9.99. The van der Waals surface area contributed by atoms with E-state index in [2.05, 4.69) is 19.9 Å². The predicted molar refractivity (Wildman–Crippen MR) is 106 cm³/mol. The van der Waals surface area contributed by atoms with Crippen LogP contribution < -0.4 is 4.90 Å². The second-order valence-corrected chi connectivity index (χ2v) is 7.66. The van der Waals surface area contributed by atoms with Crippen LogP contribution in [0.25, 0.3) is 22.4 Å². The Bertz CT molecular complexity index is 1090. The third-order valence-corrected chi connectivity index (χ3v) is 5.57. The maximum Gasteiger partial charge on any atom is 0.228 e. The van der Waals surface area contributed by atoms with E-state index >= 15 is 0 Å². The Kier molecular flexibility index (Phi) is 5.00. The van der Waals surface area contributed by atoms with Gasteiger partial charge in [-0.1, -0.05) is 0 Å². The van der Waals surface area contributed by atoms with Crippen molar-refractivity contribution in [3.8, 4) is 11.3 Å². The number of benzene rings is 1. The summed E-state index contributed by atoms with van der Waals surface area (Å²) < 4.78 is 39.5. The van der Waals surface area contributed by atoms with E-state index in [0.29, 0.717) is 60.7 Å². The number of fused-ring (bicyclic) bond motifs is 1.